The number of aliphatic hydroxyl groups excluding tert-OH is 4. The molecule has 9 nitrogen and oxygen atoms in total. The monoisotopic (exact) mass is 327 g/mol. The van der Waals surface area contributed by atoms with Gasteiger partial charge in [-0.25, -0.2) is 0 Å². The zero-order valence-corrected chi connectivity index (χ0v) is 12.4. The molecule has 1 aromatic rings. The molecule has 0 bridgehead atoms. The molecule has 2 atom stereocenters. The van der Waals surface area contributed by atoms with E-state index in [9.17, 15) is 19.8 Å². The summed E-state index contributed by atoms with van der Waals surface area (Å²) in [6.07, 6.45) is -2.46. The lowest BCUT2D eigenvalue weighted by atomic mass is 10.1. The number of carbonyl (C=O) groups excluding carboxylic acids is 2. The first-order valence-corrected chi connectivity index (χ1v) is 6.86. The Bertz CT molecular complexity index is 553. The van der Waals surface area contributed by atoms with E-state index in [1.165, 1.54) is 18.2 Å². The summed E-state index contributed by atoms with van der Waals surface area (Å²) in [7, 11) is 0. The van der Waals surface area contributed by atoms with Crippen molar-refractivity contribution in [2.75, 3.05) is 32.0 Å². The highest BCUT2D eigenvalue weighted by Crippen LogP contribution is 2.17. The van der Waals surface area contributed by atoms with E-state index < -0.39 is 37.2 Å². The number of anilines is 1. The van der Waals surface area contributed by atoms with E-state index in [0.717, 1.165) is 4.90 Å². The minimum atomic E-state index is -1.23. The molecule has 0 fully saturated rings. The van der Waals surface area contributed by atoms with Gasteiger partial charge in [0.25, 0.3) is 5.91 Å². The first kappa shape index (κ1) is 18.8. The highest BCUT2D eigenvalue weighted by Gasteiger charge is 2.23. The van der Waals surface area contributed by atoms with Gasteiger partial charge in [-0.2, -0.15) is 0 Å². The molecule has 2 amide bonds. The molecule has 0 aliphatic carbocycles. The van der Waals surface area contributed by atoms with Crippen LogP contribution in [0.3, 0.4) is 0 Å². The van der Waals surface area contributed by atoms with Crippen molar-refractivity contribution in [3.05, 3.63) is 29.3 Å². The van der Waals surface area contributed by atoms with Crippen LogP contribution in [0.15, 0.2) is 18.2 Å². The number of hydrogen-bond acceptors (Lipinski definition) is 7. The van der Waals surface area contributed by atoms with Crippen molar-refractivity contribution in [3.63, 3.8) is 0 Å². The van der Waals surface area contributed by atoms with Gasteiger partial charge in [-0.15, -0.1) is 0 Å². The van der Waals surface area contributed by atoms with Gasteiger partial charge in [-0.05, 0) is 18.2 Å². The van der Waals surface area contributed by atoms with E-state index >= 15 is 0 Å². The van der Waals surface area contributed by atoms with Crippen LogP contribution in [0.25, 0.3) is 0 Å². The molecule has 0 saturated carbocycles. The predicted octanol–water partition coefficient (Wildman–Crippen LogP) is -2.48. The molecule has 8 N–H and O–H groups in total. The van der Waals surface area contributed by atoms with Gasteiger partial charge in [0.1, 0.15) is 0 Å². The average Bonchev–Trinajstić information content (AvgIpc) is 2.53. The third-order valence-electron chi connectivity index (χ3n) is 3.14. The van der Waals surface area contributed by atoms with Crippen LogP contribution in [0, 0.1) is 0 Å². The maximum atomic E-state index is 12.6. The van der Waals surface area contributed by atoms with E-state index in [4.69, 9.17) is 21.7 Å². The lowest BCUT2D eigenvalue weighted by Crippen LogP contribution is -2.44. The fourth-order valence-corrected chi connectivity index (χ4v) is 1.93. The van der Waals surface area contributed by atoms with E-state index in [2.05, 4.69) is 0 Å². The van der Waals surface area contributed by atoms with Gasteiger partial charge in [0.05, 0.1) is 31.0 Å². The lowest BCUT2D eigenvalue weighted by molar-refractivity contribution is 0.0210. The van der Waals surface area contributed by atoms with E-state index in [1.807, 2.05) is 0 Å². The summed E-state index contributed by atoms with van der Waals surface area (Å²) in [5, 5.41) is 36.9. The Morgan fingerprint density at radius 2 is 1.61 bits per heavy atom. The van der Waals surface area contributed by atoms with Crippen molar-refractivity contribution in [3.8, 4) is 0 Å². The number of hydrogen-bond donors (Lipinski definition) is 6. The van der Waals surface area contributed by atoms with Crippen molar-refractivity contribution < 1.29 is 30.0 Å². The van der Waals surface area contributed by atoms with Crippen LogP contribution in [0.2, 0.25) is 0 Å². The highest BCUT2D eigenvalue weighted by molar-refractivity contribution is 6.02. The summed E-state index contributed by atoms with van der Waals surface area (Å²) in [5.74, 6) is -1.41. The number of benzene rings is 1. The van der Waals surface area contributed by atoms with Crippen LogP contribution in [-0.2, 0) is 0 Å². The summed E-state index contributed by atoms with van der Waals surface area (Å²) in [6.45, 7) is -1.75. The fraction of sp³-hybridized carbons (Fsp3) is 0.429. The fourth-order valence-electron chi connectivity index (χ4n) is 1.93. The van der Waals surface area contributed by atoms with Crippen LogP contribution in [0.5, 0.6) is 0 Å². The van der Waals surface area contributed by atoms with Gasteiger partial charge in [-0.3, -0.25) is 9.59 Å². The molecule has 0 spiro atoms. The third-order valence-corrected chi connectivity index (χ3v) is 3.14. The first-order chi connectivity index (χ1) is 10.8. The zero-order chi connectivity index (χ0) is 17.6. The quantitative estimate of drug-likeness (QED) is 0.287. The minimum Gasteiger partial charge on any atom is -0.398 e. The third kappa shape index (κ3) is 5.18. The number of nitrogens with zero attached hydrogens (tertiary/aromatic N) is 1. The lowest BCUT2D eigenvalue weighted by Gasteiger charge is -2.27. The summed E-state index contributed by atoms with van der Waals surface area (Å²) in [4.78, 5) is 24.8. The number of rotatable bonds is 8. The van der Waals surface area contributed by atoms with Gasteiger partial charge in [-0.1, -0.05) is 0 Å². The Morgan fingerprint density at radius 1 is 1.09 bits per heavy atom. The largest absolute Gasteiger partial charge is 0.398 e. The van der Waals surface area contributed by atoms with Crippen LogP contribution in [-0.4, -0.2) is 75.7 Å². The molecular formula is C14H21N3O6. The standard InChI is InChI=1S/C14H21N3O6/c15-12-2-1-8(13(16)22)3-11(12)14(23)17(4-9(20)6-18)5-10(21)7-19/h1-3,9-10,18-21H,4-7,15H2,(H2,16,22). The Balaban J connectivity index is 3.12. The van der Waals surface area contributed by atoms with Crippen molar-refractivity contribution in [1.82, 2.24) is 4.90 Å². The van der Waals surface area contributed by atoms with Gasteiger partial charge >= 0.3 is 0 Å². The van der Waals surface area contributed by atoms with Crippen molar-refractivity contribution in [2.24, 2.45) is 5.73 Å². The molecule has 9 heteroatoms. The van der Waals surface area contributed by atoms with E-state index in [1.54, 1.807) is 0 Å². The maximum absolute atomic E-state index is 12.6. The van der Waals surface area contributed by atoms with Gasteiger partial charge in [0.15, 0.2) is 0 Å². The normalized spacial score (nSPS) is 13.4. The second kappa shape index (κ2) is 8.44. The molecule has 0 radical (unpaired) electrons. The molecule has 0 aromatic heterocycles. The molecule has 128 valence electrons. The van der Waals surface area contributed by atoms with E-state index in [0.29, 0.717) is 0 Å². The number of aliphatic hydroxyl groups is 4. The number of amides is 2. The molecule has 0 saturated heterocycles. The van der Waals surface area contributed by atoms with Crippen LogP contribution >= 0.6 is 0 Å². The average molecular weight is 327 g/mol. The summed E-state index contributed by atoms with van der Waals surface area (Å²) >= 11 is 0. The first-order valence-electron chi connectivity index (χ1n) is 6.86. The summed E-state index contributed by atoms with van der Waals surface area (Å²) < 4.78 is 0. The molecule has 0 heterocycles. The Hall–Kier alpha value is -2.20. The zero-order valence-electron chi connectivity index (χ0n) is 12.4. The van der Waals surface area contributed by atoms with Crippen LogP contribution in [0.4, 0.5) is 5.69 Å². The van der Waals surface area contributed by atoms with Gasteiger partial charge in [0.2, 0.25) is 5.91 Å². The van der Waals surface area contributed by atoms with Crippen molar-refractivity contribution in [1.29, 1.82) is 0 Å². The topological polar surface area (TPSA) is 170 Å². The van der Waals surface area contributed by atoms with E-state index in [-0.39, 0.29) is 29.9 Å². The van der Waals surface area contributed by atoms with Gasteiger partial charge in [0, 0.05) is 24.3 Å². The molecular weight excluding hydrogens is 306 g/mol. The smallest absolute Gasteiger partial charge is 0.256 e. The minimum absolute atomic E-state index is 0.0309. The Morgan fingerprint density at radius 3 is 2.04 bits per heavy atom. The number of nitrogen functional groups attached to an aromatic ring is 1. The second-order valence-electron chi connectivity index (χ2n) is 5.05. The van der Waals surface area contributed by atoms with Crippen LogP contribution in [0.1, 0.15) is 20.7 Å². The second-order valence-corrected chi connectivity index (χ2v) is 5.05. The van der Waals surface area contributed by atoms with Gasteiger partial charge < -0.3 is 36.8 Å². The molecule has 23 heavy (non-hydrogen) atoms. The Labute approximate surface area is 132 Å². The molecule has 1 rings (SSSR count). The summed E-state index contributed by atoms with van der Waals surface area (Å²) in [5.41, 5.74) is 11.0. The summed E-state index contributed by atoms with van der Waals surface area (Å²) in [6, 6.07) is 3.92. The maximum Gasteiger partial charge on any atom is 0.256 e. The number of primary amides is 1. The Kier molecular flexibility index (Phi) is 6.91. The van der Waals surface area contributed by atoms with Crippen molar-refractivity contribution in [2.45, 2.75) is 12.2 Å². The predicted molar refractivity (Wildman–Crippen MR) is 81.5 cm³/mol. The molecule has 2 unspecified atom stereocenters. The highest BCUT2D eigenvalue weighted by atomic mass is 16.3. The number of carbonyl (C=O) groups is 2. The molecule has 0 aliphatic rings. The van der Waals surface area contributed by atoms with Crippen molar-refractivity contribution >= 4 is 17.5 Å². The SMILES string of the molecule is NC(=O)c1ccc(N)c(C(=O)N(CC(O)CO)CC(O)CO)c1. The number of nitrogens with two attached hydrogens (primary N) is 2. The molecule has 0 aliphatic heterocycles. The molecule has 1 aromatic carbocycles. The van der Waals surface area contributed by atoms with Crippen LogP contribution < -0.4 is 11.5 Å².